The van der Waals surface area contributed by atoms with Gasteiger partial charge >= 0.3 is 5.97 Å². The number of aliphatic carboxylic acids is 1. The van der Waals surface area contributed by atoms with Crippen molar-refractivity contribution in [2.45, 2.75) is 19.3 Å². The number of carboxylic acid groups (broad SMARTS) is 1. The quantitative estimate of drug-likeness (QED) is 0.874. The van der Waals surface area contributed by atoms with Gasteiger partial charge in [-0.1, -0.05) is 6.42 Å². The standard InChI is InChI=1S/C12H12N2O3S/c13-6-7-4-5-18-11(7)14-10(15)8-2-1-3-9(8)12(16)17/h4-5,8-9H,1-3H2,(H,14,15)(H,16,17)/t8-,9+/m1/s1. The van der Waals surface area contributed by atoms with E-state index in [9.17, 15) is 9.59 Å². The van der Waals surface area contributed by atoms with Gasteiger partial charge in [-0.25, -0.2) is 0 Å². The van der Waals surface area contributed by atoms with Gasteiger partial charge in [0.15, 0.2) is 0 Å². The minimum Gasteiger partial charge on any atom is -0.481 e. The van der Waals surface area contributed by atoms with Crippen LogP contribution in [0.4, 0.5) is 5.00 Å². The van der Waals surface area contributed by atoms with Crippen molar-refractivity contribution in [2.75, 3.05) is 5.32 Å². The summed E-state index contributed by atoms with van der Waals surface area (Å²) in [5, 5.41) is 22.7. The van der Waals surface area contributed by atoms with Crippen LogP contribution in [0.3, 0.4) is 0 Å². The molecule has 2 atom stereocenters. The highest BCUT2D eigenvalue weighted by Crippen LogP contribution is 2.33. The Bertz CT molecular complexity index is 518. The summed E-state index contributed by atoms with van der Waals surface area (Å²) in [6, 6.07) is 3.61. The van der Waals surface area contributed by atoms with Crippen LogP contribution in [-0.4, -0.2) is 17.0 Å². The molecule has 18 heavy (non-hydrogen) atoms. The fourth-order valence-electron chi connectivity index (χ4n) is 2.27. The van der Waals surface area contributed by atoms with Gasteiger partial charge in [0.2, 0.25) is 5.91 Å². The van der Waals surface area contributed by atoms with E-state index >= 15 is 0 Å². The Morgan fingerprint density at radius 1 is 1.44 bits per heavy atom. The van der Waals surface area contributed by atoms with Crippen molar-refractivity contribution < 1.29 is 14.7 Å². The minimum atomic E-state index is -0.917. The predicted molar refractivity (Wildman–Crippen MR) is 66.1 cm³/mol. The van der Waals surface area contributed by atoms with E-state index in [4.69, 9.17) is 10.4 Å². The second-order valence-corrected chi connectivity index (χ2v) is 5.16. The number of hydrogen-bond acceptors (Lipinski definition) is 4. The lowest BCUT2D eigenvalue weighted by Crippen LogP contribution is -2.29. The van der Waals surface area contributed by atoms with Crippen molar-refractivity contribution in [3.05, 3.63) is 17.0 Å². The molecule has 2 rings (SSSR count). The molecule has 94 valence electrons. The van der Waals surface area contributed by atoms with E-state index in [0.717, 1.165) is 6.42 Å². The molecular formula is C12H12N2O3S. The van der Waals surface area contributed by atoms with Gasteiger partial charge in [0.25, 0.3) is 0 Å². The van der Waals surface area contributed by atoms with Gasteiger partial charge < -0.3 is 10.4 Å². The molecule has 0 saturated heterocycles. The van der Waals surface area contributed by atoms with E-state index in [-0.39, 0.29) is 5.91 Å². The number of nitrogens with one attached hydrogen (secondary N) is 1. The zero-order valence-electron chi connectivity index (χ0n) is 9.55. The third-order valence-corrected chi connectivity index (χ3v) is 4.02. The molecule has 1 fully saturated rings. The largest absolute Gasteiger partial charge is 0.481 e. The van der Waals surface area contributed by atoms with Gasteiger partial charge in [-0.2, -0.15) is 5.26 Å². The molecule has 6 heteroatoms. The van der Waals surface area contributed by atoms with Crippen LogP contribution in [0.1, 0.15) is 24.8 Å². The maximum atomic E-state index is 12.0. The van der Waals surface area contributed by atoms with Gasteiger partial charge in [0, 0.05) is 0 Å². The molecule has 1 aliphatic carbocycles. The second-order valence-electron chi connectivity index (χ2n) is 4.25. The number of carbonyl (C=O) groups is 2. The number of thiophene rings is 1. The molecule has 1 saturated carbocycles. The van der Waals surface area contributed by atoms with Crippen molar-refractivity contribution >= 4 is 28.2 Å². The Kier molecular flexibility index (Phi) is 3.63. The Morgan fingerprint density at radius 3 is 2.83 bits per heavy atom. The van der Waals surface area contributed by atoms with Gasteiger partial charge in [-0.15, -0.1) is 11.3 Å². The third-order valence-electron chi connectivity index (χ3n) is 3.19. The zero-order valence-corrected chi connectivity index (χ0v) is 10.4. The van der Waals surface area contributed by atoms with Crippen LogP contribution < -0.4 is 5.32 Å². The normalized spacial score (nSPS) is 22.4. The number of carboxylic acids is 1. The average Bonchev–Trinajstić information content (AvgIpc) is 2.96. The first kappa shape index (κ1) is 12.6. The van der Waals surface area contributed by atoms with E-state index < -0.39 is 17.8 Å². The highest BCUT2D eigenvalue weighted by atomic mass is 32.1. The van der Waals surface area contributed by atoms with Gasteiger partial charge in [0.05, 0.1) is 17.4 Å². The van der Waals surface area contributed by atoms with Crippen LogP contribution in [0.5, 0.6) is 0 Å². The van der Waals surface area contributed by atoms with E-state index in [1.165, 1.54) is 11.3 Å². The number of rotatable bonds is 3. The SMILES string of the molecule is N#Cc1ccsc1NC(=O)[C@@H]1CCC[C@@H]1C(=O)O. The molecule has 0 aromatic carbocycles. The van der Waals surface area contributed by atoms with Crippen LogP contribution in [0.25, 0.3) is 0 Å². The zero-order chi connectivity index (χ0) is 13.1. The number of nitrogens with zero attached hydrogens (tertiary/aromatic N) is 1. The number of anilines is 1. The van der Waals surface area contributed by atoms with Crippen molar-refractivity contribution in [1.82, 2.24) is 0 Å². The number of carbonyl (C=O) groups excluding carboxylic acids is 1. The summed E-state index contributed by atoms with van der Waals surface area (Å²) in [5.74, 6) is -2.30. The monoisotopic (exact) mass is 264 g/mol. The third kappa shape index (κ3) is 2.36. The summed E-state index contributed by atoms with van der Waals surface area (Å²) in [6.07, 6.45) is 1.89. The maximum absolute atomic E-state index is 12.0. The van der Waals surface area contributed by atoms with E-state index in [1.807, 2.05) is 6.07 Å². The van der Waals surface area contributed by atoms with Crippen molar-refractivity contribution in [3.63, 3.8) is 0 Å². The second kappa shape index (κ2) is 5.19. The molecule has 0 bridgehead atoms. The Morgan fingerprint density at radius 2 is 2.17 bits per heavy atom. The van der Waals surface area contributed by atoms with E-state index in [2.05, 4.69) is 5.32 Å². The molecule has 5 nitrogen and oxygen atoms in total. The van der Waals surface area contributed by atoms with Crippen LogP contribution in [0.15, 0.2) is 11.4 Å². The summed E-state index contributed by atoms with van der Waals surface area (Å²) < 4.78 is 0. The lowest BCUT2D eigenvalue weighted by atomic mass is 9.95. The summed E-state index contributed by atoms with van der Waals surface area (Å²) in [7, 11) is 0. The minimum absolute atomic E-state index is 0.293. The number of hydrogen-bond donors (Lipinski definition) is 2. The fourth-order valence-corrected chi connectivity index (χ4v) is 3.01. The van der Waals surface area contributed by atoms with Gasteiger partial charge in [-0.05, 0) is 24.3 Å². The molecule has 1 heterocycles. The summed E-state index contributed by atoms with van der Waals surface area (Å²) in [6.45, 7) is 0. The highest BCUT2D eigenvalue weighted by molar-refractivity contribution is 7.14. The first-order valence-corrected chi connectivity index (χ1v) is 6.52. The van der Waals surface area contributed by atoms with Crippen LogP contribution in [0, 0.1) is 23.2 Å². The lowest BCUT2D eigenvalue weighted by molar-refractivity contribution is -0.145. The molecule has 2 N–H and O–H groups in total. The van der Waals surface area contributed by atoms with Crippen molar-refractivity contribution in [3.8, 4) is 6.07 Å². The molecular weight excluding hydrogens is 252 g/mol. The maximum Gasteiger partial charge on any atom is 0.307 e. The smallest absolute Gasteiger partial charge is 0.307 e. The number of nitriles is 1. The summed E-state index contributed by atoms with van der Waals surface area (Å²) in [5.41, 5.74) is 0.415. The van der Waals surface area contributed by atoms with Crippen molar-refractivity contribution in [2.24, 2.45) is 11.8 Å². The molecule has 0 aliphatic heterocycles. The molecule has 1 aromatic heterocycles. The first-order chi connectivity index (χ1) is 8.63. The highest BCUT2D eigenvalue weighted by Gasteiger charge is 2.37. The van der Waals surface area contributed by atoms with E-state index in [1.54, 1.807) is 11.4 Å². The van der Waals surface area contributed by atoms with Crippen molar-refractivity contribution in [1.29, 1.82) is 5.26 Å². The Labute approximate surface area is 108 Å². The van der Waals surface area contributed by atoms with Gasteiger partial charge in [-0.3, -0.25) is 9.59 Å². The lowest BCUT2D eigenvalue weighted by Gasteiger charge is -2.14. The number of amides is 1. The molecule has 1 aromatic rings. The van der Waals surface area contributed by atoms with Crippen LogP contribution >= 0.6 is 11.3 Å². The summed E-state index contributed by atoms with van der Waals surface area (Å²) in [4.78, 5) is 23.0. The molecule has 1 amide bonds. The Hall–Kier alpha value is -1.87. The van der Waals surface area contributed by atoms with E-state index in [0.29, 0.717) is 23.4 Å². The van der Waals surface area contributed by atoms with Crippen LogP contribution in [0.2, 0.25) is 0 Å². The molecule has 1 aliphatic rings. The topological polar surface area (TPSA) is 90.2 Å². The Balaban J connectivity index is 2.09. The van der Waals surface area contributed by atoms with Gasteiger partial charge in [0.1, 0.15) is 11.1 Å². The first-order valence-electron chi connectivity index (χ1n) is 5.64. The predicted octanol–water partition coefficient (Wildman–Crippen LogP) is 2.06. The average molecular weight is 264 g/mol. The summed E-state index contributed by atoms with van der Waals surface area (Å²) >= 11 is 1.27. The molecule has 0 radical (unpaired) electrons. The molecule has 0 spiro atoms. The van der Waals surface area contributed by atoms with Crippen LogP contribution in [-0.2, 0) is 9.59 Å². The molecule has 0 unspecified atom stereocenters. The fraction of sp³-hybridized carbons (Fsp3) is 0.417.